The third-order valence-corrected chi connectivity index (χ3v) is 3.40. The van der Waals surface area contributed by atoms with Gasteiger partial charge in [-0.2, -0.15) is 0 Å². The number of ketones is 1. The number of urea groups is 1. The zero-order chi connectivity index (χ0) is 16.6. The normalized spacial score (nSPS) is 10.0. The number of hydrogen-bond acceptors (Lipinski definition) is 3. The van der Waals surface area contributed by atoms with Crippen molar-refractivity contribution in [2.75, 3.05) is 6.54 Å². The largest absolute Gasteiger partial charge is 0.338 e. The van der Waals surface area contributed by atoms with Crippen molar-refractivity contribution in [3.05, 3.63) is 12.7 Å². The van der Waals surface area contributed by atoms with Gasteiger partial charge in [0.15, 0.2) is 0 Å². The fourth-order valence-electron chi connectivity index (χ4n) is 2.08. The SMILES string of the molecule is C=CC(=O)NC(=O)NCCCCCCCC(=O)CCCCC. The van der Waals surface area contributed by atoms with Gasteiger partial charge >= 0.3 is 6.03 Å². The van der Waals surface area contributed by atoms with Crippen molar-refractivity contribution in [1.82, 2.24) is 10.6 Å². The Kier molecular flexibility index (Phi) is 13.2. The minimum absolute atomic E-state index is 0.388. The first kappa shape index (κ1) is 20.3. The number of amides is 3. The van der Waals surface area contributed by atoms with Gasteiger partial charge in [0, 0.05) is 19.4 Å². The van der Waals surface area contributed by atoms with Crippen molar-refractivity contribution < 1.29 is 14.4 Å². The van der Waals surface area contributed by atoms with Gasteiger partial charge in [0.2, 0.25) is 0 Å². The van der Waals surface area contributed by atoms with Crippen LogP contribution in [-0.4, -0.2) is 24.3 Å². The summed E-state index contributed by atoms with van der Waals surface area (Å²) < 4.78 is 0. The molecule has 0 unspecified atom stereocenters. The minimum atomic E-state index is -0.499. The Labute approximate surface area is 133 Å². The zero-order valence-electron chi connectivity index (χ0n) is 13.8. The lowest BCUT2D eigenvalue weighted by molar-refractivity contribution is -0.119. The molecule has 0 fully saturated rings. The van der Waals surface area contributed by atoms with Crippen LogP contribution in [0, 0.1) is 0 Å². The van der Waals surface area contributed by atoms with Crippen molar-refractivity contribution in [3.8, 4) is 0 Å². The third-order valence-electron chi connectivity index (χ3n) is 3.40. The van der Waals surface area contributed by atoms with Crippen LogP contribution in [0.25, 0.3) is 0 Å². The fraction of sp³-hybridized carbons (Fsp3) is 0.706. The molecule has 0 saturated heterocycles. The second-order valence-electron chi connectivity index (χ2n) is 5.46. The van der Waals surface area contributed by atoms with Crippen molar-refractivity contribution in [2.45, 2.75) is 71.1 Å². The lowest BCUT2D eigenvalue weighted by Crippen LogP contribution is -2.38. The van der Waals surface area contributed by atoms with Crippen LogP contribution in [0.15, 0.2) is 12.7 Å². The lowest BCUT2D eigenvalue weighted by atomic mass is 10.0. The number of carbonyl (C=O) groups excluding carboxylic acids is 3. The Morgan fingerprint density at radius 1 is 0.909 bits per heavy atom. The molecule has 2 N–H and O–H groups in total. The summed E-state index contributed by atoms with van der Waals surface area (Å²) in [5, 5.41) is 4.74. The molecule has 0 aliphatic carbocycles. The molecule has 0 aromatic heterocycles. The van der Waals surface area contributed by atoms with E-state index in [1.165, 1.54) is 0 Å². The number of rotatable bonds is 13. The molecule has 0 radical (unpaired) electrons. The summed E-state index contributed by atoms with van der Waals surface area (Å²) in [6.45, 7) is 5.96. The highest BCUT2D eigenvalue weighted by Gasteiger charge is 2.03. The van der Waals surface area contributed by atoms with Crippen LogP contribution < -0.4 is 10.6 Å². The Morgan fingerprint density at radius 2 is 1.50 bits per heavy atom. The molecule has 0 aliphatic heterocycles. The van der Waals surface area contributed by atoms with Gasteiger partial charge in [0.05, 0.1) is 0 Å². The number of Topliss-reactive ketones (excluding diaryl/α,β-unsaturated/α-hetero) is 1. The second kappa shape index (κ2) is 14.3. The van der Waals surface area contributed by atoms with E-state index in [2.05, 4.69) is 24.1 Å². The van der Waals surface area contributed by atoms with Gasteiger partial charge in [0.25, 0.3) is 5.91 Å². The first-order valence-corrected chi connectivity index (χ1v) is 8.33. The van der Waals surface area contributed by atoms with Crippen LogP contribution in [0.4, 0.5) is 4.79 Å². The Balaban J connectivity index is 3.33. The van der Waals surface area contributed by atoms with E-state index in [9.17, 15) is 14.4 Å². The van der Waals surface area contributed by atoms with Crippen LogP contribution in [0.2, 0.25) is 0 Å². The predicted octanol–water partition coefficient (Wildman–Crippen LogP) is 3.49. The average molecular weight is 310 g/mol. The number of nitrogens with one attached hydrogen (secondary N) is 2. The summed E-state index contributed by atoms with van der Waals surface area (Å²) >= 11 is 0. The molecule has 5 heteroatoms. The number of carbonyl (C=O) groups is 3. The number of hydrogen-bond donors (Lipinski definition) is 2. The van der Waals surface area contributed by atoms with Gasteiger partial charge in [-0.3, -0.25) is 14.9 Å². The summed E-state index contributed by atoms with van der Waals surface area (Å²) in [6.07, 6.45) is 10.8. The van der Waals surface area contributed by atoms with E-state index in [1.54, 1.807) is 0 Å². The molecule has 0 aromatic carbocycles. The third kappa shape index (κ3) is 13.3. The Morgan fingerprint density at radius 3 is 2.14 bits per heavy atom. The van der Waals surface area contributed by atoms with Gasteiger partial charge in [0.1, 0.15) is 5.78 Å². The fourth-order valence-corrected chi connectivity index (χ4v) is 2.08. The van der Waals surface area contributed by atoms with E-state index in [0.29, 0.717) is 18.7 Å². The molecule has 126 valence electrons. The second-order valence-corrected chi connectivity index (χ2v) is 5.46. The molecule has 0 aliphatic rings. The molecule has 0 heterocycles. The summed E-state index contributed by atoms with van der Waals surface area (Å²) in [4.78, 5) is 33.6. The van der Waals surface area contributed by atoms with Crippen molar-refractivity contribution in [3.63, 3.8) is 0 Å². The van der Waals surface area contributed by atoms with Crippen LogP contribution in [0.1, 0.15) is 71.1 Å². The molecule has 0 spiro atoms. The molecule has 0 aromatic rings. The molecule has 5 nitrogen and oxygen atoms in total. The molecular formula is C17H30N2O3. The zero-order valence-corrected chi connectivity index (χ0v) is 13.8. The monoisotopic (exact) mass is 310 g/mol. The lowest BCUT2D eigenvalue weighted by Gasteiger charge is -2.05. The first-order chi connectivity index (χ1) is 10.6. The topological polar surface area (TPSA) is 75.3 Å². The first-order valence-electron chi connectivity index (χ1n) is 8.33. The maximum atomic E-state index is 11.6. The summed E-state index contributed by atoms with van der Waals surface area (Å²) in [6, 6.07) is -0.484. The molecular weight excluding hydrogens is 280 g/mol. The average Bonchev–Trinajstić information content (AvgIpc) is 2.50. The van der Waals surface area contributed by atoms with Crippen LogP contribution >= 0.6 is 0 Å². The van der Waals surface area contributed by atoms with Gasteiger partial charge in [-0.1, -0.05) is 45.6 Å². The van der Waals surface area contributed by atoms with E-state index in [0.717, 1.165) is 63.9 Å². The highest BCUT2D eigenvalue weighted by Crippen LogP contribution is 2.08. The van der Waals surface area contributed by atoms with Gasteiger partial charge in [-0.25, -0.2) is 4.79 Å². The van der Waals surface area contributed by atoms with Gasteiger partial charge < -0.3 is 5.32 Å². The van der Waals surface area contributed by atoms with Gasteiger partial charge in [-0.05, 0) is 25.3 Å². The summed E-state index contributed by atoms with van der Waals surface area (Å²) in [5.41, 5.74) is 0. The molecule has 0 bridgehead atoms. The Hall–Kier alpha value is -1.65. The van der Waals surface area contributed by atoms with Crippen LogP contribution in [0.3, 0.4) is 0 Å². The number of imide groups is 1. The highest BCUT2D eigenvalue weighted by atomic mass is 16.2. The van der Waals surface area contributed by atoms with Crippen molar-refractivity contribution >= 4 is 17.7 Å². The summed E-state index contributed by atoms with van der Waals surface area (Å²) in [5.74, 6) is -0.111. The standard InChI is InChI=1S/C17H30N2O3/c1-3-5-9-12-15(20)13-10-7-6-8-11-14-18-17(22)19-16(21)4-2/h4H,2-3,5-14H2,1H3,(H2,18,19,21,22). The van der Waals surface area contributed by atoms with E-state index in [-0.39, 0.29) is 0 Å². The van der Waals surface area contributed by atoms with Crippen molar-refractivity contribution in [1.29, 1.82) is 0 Å². The van der Waals surface area contributed by atoms with E-state index < -0.39 is 11.9 Å². The van der Waals surface area contributed by atoms with Crippen LogP contribution in [-0.2, 0) is 9.59 Å². The molecule has 3 amide bonds. The van der Waals surface area contributed by atoms with E-state index >= 15 is 0 Å². The predicted molar refractivity (Wildman–Crippen MR) is 88.6 cm³/mol. The minimum Gasteiger partial charge on any atom is -0.338 e. The Bertz CT molecular complexity index is 354. The van der Waals surface area contributed by atoms with Crippen LogP contribution in [0.5, 0.6) is 0 Å². The molecule has 0 atom stereocenters. The smallest absolute Gasteiger partial charge is 0.321 e. The van der Waals surface area contributed by atoms with E-state index in [4.69, 9.17) is 0 Å². The maximum Gasteiger partial charge on any atom is 0.321 e. The van der Waals surface area contributed by atoms with Gasteiger partial charge in [-0.15, -0.1) is 0 Å². The van der Waals surface area contributed by atoms with Crippen molar-refractivity contribution in [2.24, 2.45) is 0 Å². The quantitative estimate of drug-likeness (QED) is 0.404. The number of unbranched alkanes of at least 4 members (excludes halogenated alkanes) is 6. The van der Waals surface area contributed by atoms with E-state index in [1.807, 2.05) is 0 Å². The maximum absolute atomic E-state index is 11.6. The molecule has 0 rings (SSSR count). The molecule has 0 saturated carbocycles. The highest BCUT2D eigenvalue weighted by molar-refractivity contribution is 5.99. The molecule has 22 heavy (non-hydrogen) atoms. The summed E-state index contributed by atoms with van der Waals surface area (Å²) in [7, 11) is 0.